The third kappa shape index (κ3) is 4.12. The number of ether oxygens (including phenoxy) is 1. The van der Waals surface area contributed by atoms with Crippen molar-refractivity contribution in [3.8, 4) is 0 Å². The van der Waals surface area contributed by atoms with Crippen LogP contribution in [0.3, 0.4) is 0 Å². The summed E-state index contributed by atoms with van der Waals surface area (Å²) in [6.45, 7) is 6.90. The summed E-state index contributed by atoms with van der Waals surface area (Å²) in [6.07, 6.45) is -0.0151. The Bertz CT molecular complexity index is 333. The number of hydrogen-bond acceptors (Lipinski definition) is 2. The molecule has 3 heteroatoms. The SMILES string of the molecule is CNCC(OC(C)(C)C)c1ccccc1Cl. The average Bonchev–Trinajstić information content (AvgIpc) is 2.16. The van der Waals surface area contributed by atoms with Gasteiger partial charge >= 0.3 is 0 Å². The van der Waals surface area contributed by atoms with Gasteiger partial charge in [-0.1, -0.05) is 29.8 Å². The number of halogens is 1. The second kappa shape index (κ2) is 5.67. The molecule has 0 aliphatic heterocycles. The Morgan fingerprint density at radius 3 is 2.44 bits per heavy atom. The van der Waals surface area contributed by atoms with Gasteiger partial charge in [0.1, 0.15) is 0 Å². The molecule has 1 aromatic rings. The molecule has 0 saturated carbocycles. The van der Waals surface area contributed by atoms with E-state index in [1.807, 2.05) is 52.1 Å². The standard InChI is InChI=1S/C13H20ClNO/c1-13(2,3)16-12(9-15-4)10-7-5-6-8-11(10)14/h5-8,12,15H,9H2,1-4H3. The third-order valence-electron chi connectivity index (χ3n) is 2.14. The first kappa shape index (κ1) is 13.5. The summed E-state index contributed by atoms with van der Waals surface area (Å²) in [6, 6.07) is 7.82. The fraction of sp³-hybridized carbons (Fsp3) is 0.538. The second-order valence-corrected chi connectivity index (χ2v) is 5.21. The maximum atomic E-state index is 6.18. The van der Waals surface area contributed by atoms with Crippen LogP contribution in [-0.4, -0.2) is 19.2 Å². The molecule has 0 radical (unpaired) electrons. The maximum Gasteiger partial charge on any atom is 0.0970 e. The van der Waals surface area contributed by atoms with Gasteiger partial charge in [0.15, 0.2) is 0 Å². The Labute approximate surface area is 103 Å². The van der Waals surface area contributed by atoms with Gasteiger partial charge in [-0.25, -0.2) is 0 Å². The Morgan fingerprint density at radius 2 is 1.94 bits per heavy atom. The van der Waals surface area contributed by atoms with Crippen molar-refractivity contribution in [2.45, 2.75) is 32.5 Å². The van der Waals surface area contributed by atoms with E-state index in [-0.39, 0.29) is 11.7 Å². The van der Waals surface area contributed by atoms with Gasteiger partial charge in [-0.05, 0) is 33.9 Å². The Morgan fingerprint density at radius 1 is 1.31 bits per heavy atom. The smallest absolute Gasteiger partial charge is 0.0970 e. The zero-order valence-corrected chi connectivity index (χ0v) is 11.1. The number of likely N-dealkylation sites (N-methyl/N-ethyl adjacent to an activating group) is 1. The van der Waals surface area contributed by atoms with Crippen molar-refractivity contribution >= 4 is 11.6 Å². The van der Waals surface area contributed by atoms with Crippen LogP contribution < -0.4 is 5.32 Å². The predicted molar refractivity (Wildman–Crippen MR) is 69.0 cm³/mol. The lowest BCUT2D eigenvalue weighted by molar-refractivity contribution is -0.0599. The molecule has 1 atom stereocenters. The van der Waals surface area contributed by atoms with E-state index in [1.165, 1.54) is 0 Å². The van der Waals surface area contributed by atoms with E-state index in [0.29, 0.717) is 0 Å². The fourth-order valence-corrected chi connectivity index (χ4v) is 1.82. The highest BCUT2D eigenvalue weighted by Crippen LogP contribution is 2.28. The molecule has 0 fully saturated rings. The molecule has 1 unspecified atom stereocenters. The van der Waals surface area contributed by atoms with Gasteiger partial charge in [0.25, 0.3) is 0 Å². The molecule has 0 spiro atoms. The van der Waals surface area contributed by atoms with Crippen molar-refractivity contribution in [2.75, 3.05) is 13.6 Å². The molecule has 0 heterocycles. The molecular formula is C13H20ClNO. The van der Waals surface area contributed by atoms with Gasteiger partial charge in [-0.2, -0.15) is 0 Å². The van der Waals surface area contributed by atoms with Crippen LogP contribution in [0.1, 0.15) is 32.4 Å². The topological polar surface area (TPSA) is 21.3 Å². The van der Waals surface area contributed by atoms with Crippen molar-refractivity contribution in [3.05, 3.63) is 34.9 Å². The van der Waals surface area contributed by atoms with Crippen LogP contribution >= 0.6 is 11.6 Å². The Hall–Kier alpha value is -0.570. The predicted octanol–water partition coefficient (Wildman–Crippen LogP) is 3.42. The minimum atomic E-state index is -0.180. The lowest BCUT2D eigenvalue weighted by Gasteiger charge is -2.28. The molecule has 1 N–H and O–H groups in total. The summed E-state index contributed by atoms with van der Waals surface area (Å²) >= 11 is 6.18. The van der Waals surface area contributed by atoms with Crippen LogP contribution in [0.5, 0.6) is 0 Å². The van der Waals surface area contributed by atoms with Crippen LogP contribution in [-0.2, 0) is 4.74 Å². The third-order valence-corrected chi connectivity index (χ3v) is 2.48. The van der Waals surface area contributed by atoms with Gasteiger partial charge in [0.2, 0.25) is 0 Å². The van der Waals surface area contributed by atoms with Crippen molar-refractivity contribution < 1.29 is 4.74 Å². The zero-order valence-electron chi connectivity index (χ0n) is 10.4. The molecule has 0 aliphatic rings. The monoisotopic (exact) mass is 241 g/mol. The van der Waals surface area contributed by atoms with Crippen LogP contribution in [0.25, 0.3) is 0 Å². The summed E-state index contributed by atoms with van der Waals surface area (Å²) in [5.74, 6) is 0. The van der Waals surface area contributed by atoms with Gasteiger partial charge < -0.3 is 10.1 Å². The number of nitrogens with one attached hydrogen (secondary N) is 1. The molecule has 0 aromatic heterocycles. The Kier molecular flexibility index (Phi) is 4.78. The van der Waals surface area contributed by atoms with Crippen LogP contribution in [0, 0.1) is 0 Å². The average molecular weight is 242 g/mol. The highest BCUT2D eigenvalue weighted by atomic mass is 35.5. The molecule has 1 aromatic carbocycles. The molecule has 16 heavy (non-hydrogen) atoms. The first-order valence-corrected chi connectivity index (χ1v) is 5.88. The molecular weight excluding hydrogens is 222 g/mol. The van der Waals surface area contributed by atoms with Gasteiger partial charge in [0, 0.05) is 17.1 Å². The molecule has 0 aliphatic carbocycles. The van der Waals surface area contributed by atoms with Crippen molar-refractivity contribution in [3.63, 3.8) is 0 Å². The van der Waals surface area contributed by atoms with E-state index in [9.17, 15) is 0 Å². The summed E-state index contributed by atoms with van der Waals surface area (Å²) in [7, 11) is 1.91. The quantitative estimate of drug-likeness (QED) is 0.872. The van der Waals surface area contributed by atoms with E-state index in [2.05, 4.69) is 5.32 Å². The van der Waals surface area contributed by atoms with Crippen LogP contribution in [0.15, 0.2) is 24.3 Å². The molecule has 0 bridgehead atoms. The lowest BCUT2D eigenvalue weighted by atomic mass is 10.1. The molecule has 0 saturated heterocycles. The summed E-state index contributed by atoms with van der Waals surface area (Å²) < 4.78 is 6.00. The first-order chi connectivity index (χ1) is 7.44. The zero-order chi connectivity index (χ0) is 12.2. The van der Waals surface area contributed by atoms with Crippen molar-refractivity contribution in [1.29, 1.82) is 0 Å². The van der Waals surface area contributed by atoms with E-state index < -0.39 is 0 Å². The van der Waals surface area contributed by atoms with Crippen molar-refractivity contribution in [1.82, 2.24) is 5.32 Å². The highest BCUT2D eigenvalue weighted by Gasteiger charge is 2.21. The normalized spacial score (nSPS) is 13.8. The lowest BCUT2D eigenvalue weighted by Crippen LogP contribution is -2.28. The summed E-state index contributed by atoms with van der Waals surface area (Å²) in [4.78, 5) is 0. The summed E-state index contributed by atoms with van der Waals surface area (Å²) in [5, 5.41) is 3.89. The van der Waals surface area contributed by atoms with E-state index in [4.69, 9.17) is 16.3 Å². The summed E-state index contributed by atoms with van der Waals surface area (Å²) in [5.41, 5.74) is 0.856. The molecule has 2 nitrogen and oxygen atoms in total. The van der Waals surface area contributed by atoms with E-state index >= 15 is 0 Å². The molecule has 90 valence electrons. The minimum Gasteiger partial charge on any atom is -0.367 e. The van der Waals surface area contributed by atoms with Crippen LogP contribution in [0.4, 0.5) is 0 Å². The largest absolute Gasteiger partial charge is 0.367 e. The highest BCUT2D eigenvalue weighted by molar-refractivity contribution is 6.31. The number of rotatable bonds is 4. The fourth-order valence-electron chi connectivity index (χ4n) is 1.56. The van der Waals surface area contributed by atoms with E-state index in [1.54, 1.807) is 0 Å². The molecule has 0 amide bonds. The van der Waals surface area contributed by atoms with Gasteiger partial charge in [-0.3, -0.25) is 0 Å². The number of benzene rings is 1. The maximum absolute atomic E-state index is 6.18. The van der Waals surface area contributed by atoms with Crippen LogP contribution in [0.2, 0.25) is 5.02 Å². The minimum absolute atomic E-state index is 0.0151. The van der Waals surface area contributed by atoms with Gasteiger partial charge in [0.05, 0.1) is 11.7 Å². The first-order valence-electron chi connectivity index (χ1n) is 5.51. The van der Waals surface area contributed by atoms with Gasteiger partial charge in [-0.15, -0.1) is 0 Å². The Balaban J connectivity index is 2.89. The number of hydrogen-bond donors (Lipinski definition) is 1. The molecule has 1 rings (SSSR count). The van der Waals surface area contributed by atoms with E-state index in [0.717, 1.165) is 17.1 Å². The van der Waals surface area contributed by atoms with Crippen molar-refractivity contribution in [2.24, 2.45) is 0 Å². The second-order valence-electron chi connectivity index (χ2n) is 4.80.